The highest BCUT2D eigenvalue weighted by Gasteiger charge is 2.21. The molecule has 0 spiro atoms. The van der Waals surface area contributed by atoms with E-state index in [1.807, 2.05) is 39.8 Å². The molecule has 0 aliphatic rings. The molecule has 0 saturated heterocycles. The molecular formula is C14H19N5OS. The van der Waals surface area contributed by atoms with E-state index in [-0.39, 0.29) is 16.7 Å². The zero-order chi connectivity index (χ0) is 15.5. The fourth-order valence-electron chi connectivity index (χ4n) is 1.62. The van der Waals surface area contributed by atoms with Crippen molar-refractivity contribution in [1.82, 2.24) is 25.5 Å². The van der Waals surface area contributed by atoms with Crippen LogP contribution in [0.2, 0.25) is 0 Å². The van der Waals surface area contributed by atoms with Gasteiger partial charge in [-0.15, -0.1) is 5.10 Å². The molecule has 1 atom stereocenters. The number of H-pyrrole nitrogens is 1. The lowest BCUT2D eigenvalue weighted by atomic mass is 10.1. The first kappa shape index (κ1) is 15.5. The number of hydrogen-bond acceptors (Lipinski definition) is 5. The van der Waals surface area contributed by atoms with Crippen molar-refractivity contribution in [2.75, 3.05) is 0 Å². The molecular weight excluding hydrogens is 286 g/mol. The molecule has 0 saturated carbocycles. The van der Waals surface area contributed by atoms with Crippen molar-refractivity contribution in [2.24, 2.45) is 0 Å². The number of amides is 1. The Morgan fingerprint density at radius 2 is 2.00 bits per heavy atom. The highest BCUT2D eigenvalue weighted by molar-refractivity contribution is 8.00. The quantitative estimate of drug-likeness (QED) is 0.847. The Hall–Kier alpha value is -1.89. The van der Waals surface area contributed by atoms with Crippen molar-refractivity contribution in [3.63, 3.8) is 0 Å². The summed E-state index contributed by atoms with van der Waals surface area (Å²) in [5, 5.41) is 10.2. The van der Waals surface area contributed by atoms with E-state index in [9.17, 15) is 4.79 Å². The molecule has 0 aliphatic carbocycles. The Morgan fingerprint density at radius 3 is 2.62 bits per heavy atom. The number of aromatic nitrogens is 4. The monoisotopic (exact) mass is 305 g/mol. The van der Waals surface area contributed by atoms with Crippen LogP contribution < -0.4 is 5.32 Å². The molecule has 2 aromatic rings. The Kier molecular flexibility index (Phi) is 4.62. The van der Waals surface area contributed by atoms with Crippen LogP contribution in [0.25, 0.3) is 11.4 Å². The van der Waals surface area contributed by atoms with Crippen LogP contribution in [-0.4, -0.2) is 36.9 Å². The van der Waals surface area contributed by atoms with Gasteiger partial charge in [-0.3, -0.25) is 14.9 Å². The molecule has 0 unspecified atom stereocenters. The first-order valence-electron chi connectivity index (χ1n) is 6.66. The van der Waals surface area contributed by atoms with E-state index < -0.39 is 0 Å². The van der Waals surface area contributed by atoms with Gasteiger partial charge in [0, 0.05) is 23.5 Å². The van der Waals surface area contributed by atoms with Gasteiger partial charge >= 0.3 is 0 Å². The van der Waals surface area contributed by atoms with Gasteiger partial charge in [-0.2, -0.15) is 0 Å². The van der Waals surface area contributed by atoms with Crippen LogP contribution in [0.5, 0.6) is 0 Å². The number of carbonyl (C=O) groups is 1. The summed E-state index contributed by atoms with van der Waals surface area (Å²) >= 11 is 1.33. The summed E-state index contributed by atoms with van der Waals surface area (Å²) in [4.78, 5) is 20.4. The summed E-state index contributed by atoms with van der Waals surface area (Å²) in [6, 6.07) is 3.70. The topological polar surface area (TPSA) is 83.6 Å². The zero-order valence-electron chi connectivity index (χ0n) is 12.5. The highest BCUT2D eigenvalue weighted by Crippen LogP contribution is 2.22. The number of nitrogens with one attached hydrogen (secondary N) is 2. The first-order valence-corrected chi connectivity index (χ1v) is 7.54. The van der Waals surface area contributed by atoms with Crippen LogP contribution in [-0.2, 0) is 4.79 Å². The second-order valence-electron chi connectivity index (χ2n) is 5.70. The third-order valence-corrected chi connectivity index (χ3v) is 3.53. The number of hydrogen-bond donors (Lipinski definition) is 2. The summed E-state index contributed by atoms with van der Waals surface area (Å²) in [7, 11) is 0. The van der Waals surface area contributed by atoms with Gasteiger partial charge in [0.1, 0.15) is 0 Å². The first-order chi connectivity index (χ1) is 9.85. The van der Waals surface area contributed by atoms with Gasteiger partial charge in [-0.25, -0.2) is 4.98 Å². The summed E-state index contributed by atoms with van der Waals surface area (Å²) in [6.45, 7) is 7.71. The maximum atomic E-state index is 12.0. The maximum absolute atomic E-state index is 12.0. The number of nitrogens with zero attached hydrogens (tertiary/aromatic N) is 3. The predicted molar refractivity (Wildman–Crippen MR) is 82.8 cm³/mol. The van der Waals surface area contributed by atoms with Crippen LogP contribution in [0.3, 0.4) is 0 Å². The van der Waals surface area contributed by atoms with Gasteiger partial charge in [0.15, 0.2) is 5.82 Å². The Morgan fingerprint density at radius 1 is 1.33 bits per heavy atom. The lowest BCUT2D eigenvalue weighted by molar-refractivity contribution is -0.121. The molecule has 0 aromatic carbocycles. The van der Waals surface area contributed by atoms with Gasteiger partial charge in [-0.05, 0) is 39.8 Å². The molecule has 2 rings (SSSR count). The van der Waals surface area contributed by atoms with Crippen LogP contribution in [0, 0.1) is 0 Å². The van der Waals surface area contributed by atoms with E-state index >= 15 is 0 Å². The molecule has 0 fully saturated rings. The summed E-state index contributed by atoms with van der Waals surface area (Å²) < 4.78 is 0. The summed E-state index contributed by atoms with van der Waals surface area (Å²) in [5.74, 6) is 0.645. The normalized spacial score (nSPS) is 13.0. The molecule has 112 valence electrons. The molecule has 2 heterocycles. The van der Waals surface area contributed by atoms with Crippen LogP contribution in [0.1, 0.15) is 27.7 Å². The van der Waals surface area contributed by atoms with Crippen LogP contribution >= 0.6 is 11.8 Å². The van der Waals surface area contributed by atoms with E-state index in [0.29, 0.717) is 11.0 Å². The third-order valence-electron chi connectivity index (χ3n) is 2.57. The van der Waals surface area contributed by atoms with Gasteiger partial charge in [-0.1, -0.05) is 11.8 Å². The van der Waals surface area contributed by atoms with E-state index in [2.05, 4.69) is 25.5 Å². The minimum atomic E-state index is -0.259. The smallest absolute Gasteiger partial charge is 0.233 e. The molecule has 0 aliphatic heterocycles. The molecule has 0 radical (unpaired) electrons. The van der Waals surface area contributed by atoms with Crippen molar-refractivity contribution in [2.45, 2.75) is 43.6 Å². The van der Waals surface area contributed by atoms with Gasteiger partial charge in [0.25, 0.3) is 0 Å². The second kappa shape index (κ2) is 6.26. The fourth-order valence-corrected chi connectivity index (χ4v) is 2.35. The summed E-state index contributed by atoms with van der Waals surface area (Å²) in [6.07, 6.45) is 3.40. The Balaban J connectivity index is 2.01. The van der Waals surface area contributed by atoms with Gasteiger partial charge in [0.05, 0.1) is 5.25 Å². The average Bonchev–Trinajstić information content (AvgIpc) is 2.86. The Labute approximate surface area is 128 Å². The molecule has 7 heteroatoms. The molecule has 2 N–H and O–H groups in total. The van der Waals surface area contributed by atoms with Crippen molar-refractivity contribution < 1.29 is 4.79 Å². The third kappa shape index (κ3) is 4.56. The average molecular weight is 305 g/mol. The standard InChI is InChI=1S/C14H19N5OS/c1-9(12(20)17-14(2,3)4)21-13-16-11(18-19-13)10-5-7-15-8-6-10/h5-9H,1-4H3,(H,17,20)(H,16,18,19)/t9-/m1/s1. The maximum Gasteiger partial charge on any atom is 0.233 e. The molecule has 21 heavy (non-hydrogen) atoms. The lowest BCUT2D eigenvalue weighted by Gasteiger charge is -2.22. The SMILES string of the molecule is C[C@@H](Sc1n[nH]c(-c2ccncc2)n1)C(=O)NC(C)(C)C. The number of aromatic amines is 1. The highest BCUT2D eigenvalue weighted by atomic mass is 32.2. The van der Waals surface area contributed by atoms with Crippen molar-refractivity contribution >= 4 is 17.7 Å². The summed E-state index contributed by atoms with van der Waals surface area (Å²) in [5.41, 5.74) is 0.670. The van der Waals surface area contributed by atoms with Crippen molar-refractivity contribution in [1.29, 1.82) is 0 Å². The minimum Gasteiger partial charge on any atom is -0.351 e. The van der Waals surface area contributed by atoms with E-state index in [4.69, 9.17) is 0 Å². The van der Waals surface area contributed by atoms with Gasteiger partial charge in [0.2, 0.25) is 11.1 Å². The lowest BCUT2D eigenvalue weighted by Crippen LogP contribution is -2.44. The molecule has 6 nitrogen and oxygen atoms in total. The number of rotatable bonds is 4. The van der Waals surface area contributed by atoms with Crippen molar-refractivity contribution in [3.05, 3.63) is 24.5 Å². The fraction of sp³-hybridized carbons (Fsp3) is 0.429. The van der Waals surface area contributed by atoms with E-state index in [0.717, 1.165) is 5.56 Å². The molecule has 0 bridgehead atoms. The number of thioether (sulfide) groups is 1. The largest absolute Gasteiger partial charge is 0.351 e. The Bertz CT molecular complexity index is 605. The van der Waals surface area contributed by atoms with Crippen LogP contribution in [0.15, 0.2) is 29.7 Å². The number of pyridine rings is 1. The van der Waals surface area contributed by atoms with Crippen LogP contribution in [0.4, 0.5) is 0 Å². The molecule has 2 aromatic heterocycles. The van der Waals surface area contributed by atoms with E-state index in [1.165, 1.54) is 11.8 Å². The van der Waals surface area contributed by atoms with Crippen molar-refractivity contribution in [3.8, 4) is 11.4 Å². The minimum absolute atomic E-state index is 0.0252. The van der Waals surface area contributed by atoms with Gasteiger partial charge < -0.3 is 5.32 Å². The zero-order valence-corrected chi connectivity index (χ0v) is 13.4. The molecule has 1 amide bonds. The predicted octanol–water partition coefficient (Wildman–Crippen LogP) is 2.26. The van der Waals surface area contributed by atoms with E-state index in [1.54, 1.807) is 12.4 Å². The number of carbonyl (C=O) groups excluding carboxylic acids is 1. The second-order valence-corrected chi connectivity index (χ2v) is 7.01.